The molecule has 2 aromatic carbocycles. The Morgan fingerprint density at radius 2 is 1.59 bits per heavy atom. The molecular weight excluding hydrogens is 407 g/mol. The predicted molar refractivity (Wildman–Crippen MR) is 110 cm³/mol. The molecule has 0 unspecified atom stereocenters. The van der Waals surface area contributed by atoms with Crippen LogP contribution in [0.15, 0.2) is 65.6 Å². The summed E-state index contributed by atoms with van der Waals surface area (Å²) in [5.74, 6) is -0.289. The van der Waals surface area contributed by atoms with Gasteiger partial charge in [-0.3, -0.25) is 9.59 Å². The number of pyridine rings is 1. The molecule has 0 saturated heterocycles. The maximum absolute atomic E-state index is 12.7. The molecule has 1 aromatic heterocycles. The van der Waals surface area contributed by atoms with Crippen LogP contribution in [0.1, 0.15) is 11.1 Å². The van der Waals surface area contributed by atoms with Crippen LogP contribution in [0, 0.1) is 0 Å². The summed E-state index contributed by atoms with van der Waals surface area (Å²) in [4.78, 5) is 24.9. The molecule has 1 amide bonds. The second-order valence-electron chi connectivity index (χ2n) is 5.91. The topological polar surface area (TPSA) is 51.1 Å². The Kier molecular flexibility index (Phi) is 6.22. The molecular formula is C20H15Cl3N2O2. The lowest BCUT2D eigenvalue weighted by molar-refractivity contribution is -0.115. The van der Waals surface area contributed by atoms with E-state index >= 15 is 0 Å². The van der Waals surface area contributed by atoms with Crippen molar-refractivity contribution in [1.29, 1.82) is 0 Å². The molecule has 3 aromatic rings. The minimum Gasteiger partial charge on any atom is -0.321 e. The minimum atomic E-state index is -0.335. The van der Waals surface area contributed by atoms with Gasteiger partial charge in [0.05, 0.1) is 13.0 Å². The zero-order chi connectivity index (χ0) is 19.4. The summed E-state index contributed by atoms with van der Waals surface area (Å²) in [6.45, 7) is 0.207. The summed E-state index contributed by atoms with van der Waals surface area (Å²) < 4.78 is 1.45. The first kappa shape index (κ1) is 19.5. The van der Waals surface area contributed by atoms with Crippen LogP contribution in [0.25, 0.3) is 0 Å². The zero-order valence-electron chi connectivity index (χ0n) is 14.1. The number of amides is 1. The lowest BCUT2D eigenvalue weighted by Gasteiger charge is -2.11. The Morgan fingerprint density at radius 3 is 2.26 bits per heavy atom. The molecule has 0 aliphatic heterocycles. The summed E-state index contributed by atoms with van der Waals surface area (Å²) >= 11 is 18.2. The van der Waals surface area contributed by atoms with Gasteiger partial charge < -0.3 is 9.88 Å². The molecule has 0 aliphatic rings. The van der Waals surface area contributed by atoms with Crippen molar-refractivity contribution < 1.29 is 4.79 Å². The van der Waals surface area contributed by atoms with Crippen molar-refractivity contribution in [2.45, 2.75) is 13.0 Å². The van der Waals surface area contributed by atoms with Gasteiger partial charge in [-0.1, -0.05) is 53.0 Å². The number of carbonyl (C=O) groups is 1. The van der Waals surface area contributed by atoms with Crippen LogP contribution in [0.5, 0.6) is 0 Å². The highest BCUT2D eigenvalue weighted by Gasteiger charge is 2.11. The Hall–Kier alpha value is -2.27. The van der Waals surface area contributed by atoms with Gasteiger partial charge in [0, 0.05) is 26.8 Å². The smallest absolute Gasteiger partial charge is 0.274 e. The minimum absolute atomic E-state index is 0.141. The molecule has 4 nitrogen and oxygen atoms in total. The lowest BCUT2D eigenvalue weighted by atomic mass is 10.1. The van der Waals surface area contributed by atoms with E-state index in [2.05, 4.69) is 5.32 Å². The zero-order valence-corrected chi connectivity index (χ0v) is 16.4. The maximum atomic E-state index is 12.7. The van der Waals surface area contributed by atoms with E-state index in [-0.39, 0.29) is 30.1 Å². The molecule has 0 spiro atoms. The Balaban J connectivity index is 1.77. The number of nitrogens with zero attached hydrogens (tertiary/aromatic N) is 1. The van der Waals surface area contributed by atoms with Gasteiger partial charge in [-0.25, -0.2) is 0 Å². The van der Waals surface area contributed by atoms with Crippen LogP contribution in [-0.2, 0) is 17.8 Å². The van der Waals surface area contributed by atoms with Crippen LogP contribution >= 0.6 is 34.8 Å². The first-order chi connectivity index (χ1) is 12.9. The van der Waals surface area contributed by atoms with Gasteiger partial charge in [0.15, 0.2) is 0 Å². The average molecular weight is 422 g/mol. The standard InChI is InChI=1S/C20H15Cl3N2O2/c21-14-8-6-13(7-9-14)11-19(26)24-18-5-2-10-25(20(18)27)12-15-16(22)3-1-4-17(15)23/h1-10H,11-12H2,(H,24,26). The molecule has 0 bridgehead atoms. The van der Waals surface area contributed by atoms with Crippen molar-refractivity contribution in [1.82, 2.24) is 4.57 Å². The van der Waals surface area contributed by atoms with Crippen molar-refractivity contribution in [3.05, 3.63) is 97.3 Å². The number of halogens is 3. The maximum Gasteiger partial charge on any atom is 0.274 e. The van der Waals surface area contributed by atoms with Crippen LogP contribution in [0.2, 0.25) is 15.1 Å². The Bertz CT molecular complexity index is 1010. The average Bonchev–Trinajstić information content (AvgIpc) is 2.63. The van der Waals surface area contributed by atoms with Gasteiger partial charge in [-0.2, -0.15) is 0 Å². The Morgan fingerprint density at radius 1 is 0.926 bits per heavy atom. The van der Waals surface area contributed by atoms with Gasteiger partial charge >= 0.3 is 0 Å². The molecule has 0 atom stereocenters. The quantitative estimate of drug-likeness (QED) is 0.627. The third-order valence-electron chi connectivity index (χ3n) is 3.96. The highest BCUT2D eigenvalue weighted by atomic mass is 35.5. The summed E-state index contributed by atoms with van der Waals surface area (Å²) in [5.41, 5.74) is 1.31. The third-order valence-corrected chi connectivity index (χ3v) is 4.92. The number of hydrogen-bond acceptors (Lipinski definition) is 2. The summed E-state index contributed by atoms with van der Waals surface area (Å²) in [6, 6.07) is 15.4. The van der Waals surface area contributed by atoms with Crippen molar-refractivity contribution >= 4 is 46.4 Å². The number of anilines is 1. The number of rotatable bonds is 5. The van der Waals surface area contributed by atoms with E-state index < -0.39 is 0 Å². The summed E-state index contributed by atoms with van der Waals surface area (Å²) in [7, 11) is 0. The fourth-order valence-corrected chi connectivity index (χ4v) is 3.24. The van der Waals surface area contributed by atoms with Crippen LogP contribution in [0.3, 0.4) is 0 Å². The lowest BCUT2D eigenvalue weighted by Crippen LogP contribution is -2.26. The fraction of sp³-hybridized carbons (Fsp3) is 0.100. The predicted octanol–water partition coefficient (Wildman–Crippen LogP) is 5.04. The molecule has 1 heterocycles. The van der Waals surface area contributed by atoms with Crippen molar-refractivity contribution in [2.75, 3.05) is 5.32 Å². The fourth-order valence-electron chi connectivity index (χ4n) is 2.59. The number of aromatic nitrogens is 1. The Labute approximate surface area is 171 Å². The van der Waals surface area contributed by atoms with Gasteiger partial charge in [0.1, 0.15) is 5.69 Å². The van der Waals surface area contributed by atoms with E-state index in [9.17, 15) is 9.59 Å². The van der Waals surface area contributed by atoms with Crippen LogP contribution in [-0.4, -0.2) is 10.5 Å². The van der Waals surface area contributed by atoms with Gasteiger partial charge in [-0.05, 0) is 42.0 Å². The van der Waals surface area contributed by atoms with Gasteiger partial charge in [0.25, 0.3) is 5.56 Å². The van der Waals surface area contributed by atoms with Gasteiger partial charge in [-0.15, -0.1) is 0 Å². The molecule has 0 radical (unpaired) electrons. The third kappa shape index (κ3) is 4.92. The number of hydrogen-bond donors (Lipinski definition) is 1. The number of benzene rings is 2. The molecule has 138 valence electrons. The van der Waals surface area contributed by atoms with E-state index in [1.54, 1.807) is 60.8 Å². The SMILES string of the molecule is O=C(Cc1ccc(Cl)cc1)Nc1cccn(Cc2c(Cl)cccc2Cl)c1=O. The van der Waals surface area contributed by atoms with E-state index in [1.165, 1.54) is 4.57 Å². The first-order valence-electron chi connectivity index (χ1n) is 8.10. The van der Waals surface area contributed by atoms with E-state index in [0.29, 0.717) is 20.6 Å². The molecule has 1 N–H and O–H groups in total. The van der Waals surface area contributed by atoms with Crippen LogP contribution < -0.4 is 10.9 Å². The molecule has 0 saturated carbocycles. The first-order valence-corrected chi connectivity index (χ1v) is 9.24. The molecule has 7 heteroatoms. The van der Waals surface area contributed by atoms with E-state index in [4.69, 9.17) is 34.8 Å². The summed E-state index contributed by atoms with van der Waals surface area (Å²) in [5, 5.41) is 4.21. The highest BCUT2D eigenvalue weighted by Crippen LogP contribution is 2.24. The summed E-state index contributed by atoms with van der Waals surface area (Å²) in [6.07, 6.45) is 1.76. The number of carbonyl (C=O) groups excluding carboxylic acids is 1. The van der Waals surface area contributed by atoms with Crippen molar-refractivity contribution in [3.8, 4) is 0 Å². The number of nitrogens with one attached hydrogen (secondary N) is 1. The second-order valence-corrected chi connectivity index (χ2v) is 7.16. The van der Waals surface area contributed by atoms with Crippen molar-refractivity contribution in [2.24, 2.45) is 0 Å². The molecule has 27 heavy (non-hydrogen) atoms. The van der Waals surface area contributed by atoms with Crippen LogP contribution in [0.4, 0.5) is 5.69 Å². The second kappa shape index (κ2) is 8.61. The monoisotopic (exact) mass is 420 g/mol. The van der Waals surface area contributed by atoms with Gasteiger partial charge in [0.2, 0.25) is 5.91 Å². The van der Waals surface area contributed by atoms with Crippen molar-refractivity contribution in [3.63, 3.8) is 0 Å². The van der Waals surface area contributed by atoms with E-state index in [1.807, 2.05) is 0 Å². The normalized spacial score (nSPS) is 10.6. The molecule has 3 rings (SSSR count). The molecule has 0 fully saturated rings. The largest absolute Gasteiger partial charge is 0.321 e. The molecule has 0 aliphatic carbocycles. The van der Waals surface area contributed by atoms with E-state index in [0.717, 1.165) is 5.56 Å². The highest BCUT2D eigenvalue weighted by molar-refractivity contribution is 6.36.